The molecule has 0 spiro atoms. The van der Waals surface area contributed by atoms with E-state index in [1.165, 1.54) is 0 Å². The number of fused-ring (bicyclic) bond motifs is 1. The summed E-state index contributed by atoms with van der Waals surface area (Å²) in [6, 6.07) is 25.2. The molecule has 0 aliphatic carbocycles. The molecular formula is C23H18O3. The average molecular weight is 342 g/mol. The van der Waals surface area contributed by atoms with E-state index in [0.29, 0.717) is 17.8 Å². The molecule has 0 atom stereocenters. The highest BCUT2D eigenvalue weighted by atomic mass is 16.5. The third-order valence-electron chi connectivity index (χ3n) is 4.45. The first-order valence-corrected chi connectivity index (χ1v) is 8.52. The maximum atomic E-state index is 12.5. The summed E-state index contributed by atoms with van der Waals surface area (Å²) in [4.78, 5) is 12.5. The van der Waals surface area contributed by atoms with Gasteiger partial charge in [0.1, 0.15) is 17.9 Å². The molecule has 4 rings (SSSR count). The van der Waals surface area contributed by atoms with Crippen LogP contribution in [0.25, 0.3) is 22.1 Å². The number of hydrogen-bond donors (Lipinski definition) is 0. The van der Waals surface area contributed by atoms with Crippen LogP contribution in [0.2, 0.25) is 0 Å². The van der Waals surface area contributed by atoms with Crippen LogP contribution >= 0.6 is 0 Å². The van der Waals surface area contributed by atoms with E-state index >= 15 is 0 Å². The van der Waals surface area contributed by atoms with Crippen molar-refractivity contribution < 1.29 is 9.15 Å². The molecule has 0 radical (unpaired) electrons. The van der Waals surface area contributed by atoms with Gasteiger partial charge in [-0.25, -0.2) is 4.79 Å². The van der Waals surface area contributed by atoms with E-state index < -0.39 is 0 Å². The normalized spacial score (nSPS) is 10.8. The van der Waals surface area contributed by atoms with Gasteiger partial charge in [-0.2, -0.15) is 0 Å². The first kappa shape index (κ1) is 16.2. The standard InChI is InChI=1S/C23H18O3/c1-16-20-14-19(25-15-17-8-4-2-5-9-17)12-13-21(20)26-23(24)22(16)18-10-6-3-7-11-18/h2-14H,15H2,1H3. The second-order valence-electron chi connectivity index (χ2n) is 6.19. The lowest BCUT2D eigenvalue weighted by Gasteiger charge is -2.10. The summed E-state index contributed by atoms with van der Waals surface area (Å²) in [7, 11) is 0. The summed E-state index contributed by atoms with van der Waals surface area (Å²) >= 11 is 0. The van der Waals surface area contributed by atoms with Crippen LogP contribution in [0.1, 0.15) is 11.1 Å². The molecule has 0 bridgehead atoms. The van der Waals surface area contributed by atoms with Crippen molar-refractivity contribution in [2.45, 2.75) is 13.5 Å². The number of aryl methyl sites for hydroxylation is 1. The maximum Gasteiger partial charge on any atom is 0.344 e. The molecule has 0 N–H and O–H groups in total. The Morgan fingerprint density at radius 1 is 0.885 bits per heavy atom. The first-order chi connectivity index (χ1) is 12.7. The van der Waals surface area contributed by atoms with Gasteiger partial charge in [-0.3, -0.25) is 0 Å². The Bertz CT molecular complexity index is 1100. The van der Waals surface area contributed by atoms with E-state index in [9.17, 15) is 4.79 Å². The number of hydrogen-bond acceptors (Lipinski definition) is 3. The number of ether oxygens (including phenoxy) is 1. The SMILES string of the molecule is Cc1c(-c2ccccc2)c(=O)oc2ccc(OCc3ccccc3)cc12. The van der Waals surface area contributed by atoms with Crippen LogP contribution in [0.15, 0.2) is 88.1 Å². The third-order valence-corrected chi connectivity index (χ3v) is 4.45. The second kappa shape index (κ2) is 6.89. The van der Waals surface area contributed by atoms with E-state index in [1.807, 2.05) is 79.7 Å². The van der Waals surface area contributed by atoms with Gasteiger partial charge in [0.15, 0.2) is 0 Å². The van der Waals surface area contributed by atoms with E-state index in [2.05, 4.69) is 0 Å². The number of benzene rings is 3. The van der Waals surface area contributed by atoms with E-state index in [0.717, 1.165) is 27.8 Å². The monoisotopic (exact) mass is 342 g/mol. The molecule has 26 heavy (non-hydrogen) atoms. The average Bonchev–Trinajstić information content (AvgIpc) is 2.68. The smallest absolute Gasteiger partial charge is 0.344 e. The van der Waals surface area contributed by atoms with Gasteiger partial charge in [-0.15, -0.1) is 0 Å². The fourth-order valence-electron chi connectivity index (χ4n) is 3.10. The minimum Gasteiger partial charge on any atom is -0.489 e. The van der Waals surface area contributed by atoms with Gasteiger partial charge in [0.25, 0.3) is 0 Å². The van der Waals surface area contributed by atoms with Gasteiger partial charge in [0.05, 0.1) is 5.56 Å². The summed E-state index contributed by atoms with van der Waals surface area (Å²) in [6.07, 6.45) is 0. The predicted molar refractivity (Wildman–Crippen MR) is 103 cm³/mol. The topological polar surface area (TPSA) is 39.4 Å². The van der Waals surface area contributed by atoms with Crippen molar-refractivity contribution in [3.63, 3.8) is 0 Å². The summed E-state index contributed by atoms with van der Waals surface area (Å²) in [6.45, 7) is 2.44. The molecule has 128 valence electrons. The van der Waals surface area contributed by atoms with Gasteiger partial charge in [-0.1, -0.05) is 60.7 Å². The Morgan fingerprint density at radius 2 is 1.58 bits per heavy atom. The molecule has 4 aromatic rings. The van der Waals surface area contributed by atoms with Gasteiger partial charge in [0.2, 0.25) is 0 Å². The Kier molecular flexibility index (Phi) is 4.28. The molecule has 0 fully saturated rings. The highest BCUT2D eigenvalue weighted by Gasteiger charge is 2.13. The van der Waals surface area contributed by atoms with Crippen LogP contribution < -0.4 is 10.4 Å². The molecule has 0 amide bonds. The molecule has 1 heterocycles. The van der Waals surface area contributed by atoms with Gasteiger partial charge in [-0.05, 0) is 41.8 Å². The van der Waals surface area contributed by atoms with Crippen LogP contribution in [-0.4, -0.2) is 0 Å². The largest absolute Gasteiger partial charge is 0.489 e. The Balaban J connectivity index is 1.74. The van der Waals surface area contributed by atoms with Crippen LogP contribution in [0.4, 0.5) is 0 Å². The van der Waals surface area contributed by atoms with E-state index in [4.69, 9.17) is 9.15 Å². The summed E-state index contributed by atoms with van der Waals surface area (Å²) in [5.41, 5.74) is 3.70. The van der Waals surface area contributed by atoms with Crippen LogP contribution in [0.5, 0.6) is 5.75 Å². The van der Waals surface area contributed by atoms with Gasteiger partial charge >= 0.3 is 5.63 Å². The van der Waals surface area contributed by atoms with Crippen molar-refractivity contribution in [3.05, 3.63) is 100 Å². The molecular weight excluding hydrogens is 324 g/mol. The maximum absolute atomic E-state index is 12.5. The van der Waals surface area contributed by atoms with Crippen molar-refractivity contribution in [2.24, 2.45) is 0 Å². The van der Waals surface area contributed by atoms with Crippen LogP contribution in [0, 0.1) is 6.92 Å². The summed E-state index contributed by atoms with van der Waals surface area (Å²) < 4.78 is 11.4. The fourth-order valence-corrected chi connectivity index (χ4v) is 3.10. The number of rotatable bonds is 4. The zero-order valence-corrected chi connectivity index (χ0v) is 14.4. The second-order valence-corrected chi connectivity index (χ2v) is 6.19. The lowest BCUT2D eigenvalue weighted by molar-refractivity contribution is 0.306. The lowest BCUT2D eigenvalue weighted by atomic mass is 9.99. The summed E-state index contributed by atoms with van der Waals surface area (Å²) in [5.74, 6) is 0.748. The minimum atomic E-state index is -0.320. The minimum absolute atomic E-state index is 0.320. The van der Waals surface area contributed by atoms with Crippen molar-refractivity contribution in [2.75, 3.05) is 0 Å². The van der Waals surface area contributed by atoms with Crippen molar-refractivity contribution in [1.82, 2.24) is 0 Å². The molecule has 0 aliphatic rings. The molecule has 0 saturated heterocycles. The van der Waals surface area contributed by atoms with E-state index in [-0.39, 0.29) is 5.63 Å². The predicted octanol–water partition coefficient (Wildman–Crippen LogP) is 5.35. The molecule has 3 heteroatoms. The van der Waals surface area contributed by atoms with Crippen molar-refractivity contribution in [3.8, 4) is 16.9 Å². The van der Waals surface area contributed by atoms with Crippen LogP contribution in [-0.2, 0) is 6.61 Å². The van der Waals surface area contributed by atoms with Crippen molar-refractivity contribution in [1.29, 1.82) is 0 Å². The molecule has 3 aromatic carbocycles. The Hall–Kier alpha value is -3.33. The first-order valence-electron chi connectivity index (χ1n) is 8.52. The Labute approximate surface area is 151 Å². The zero-order chi connectivity index (χ0) is 17.9. The highest BCUT2D eigenvalue weighted by molar-refractivity contribution is 5.87. The van der Waals surface area contributed by atoms with Gasteiger partial charge in [0, 0.05) is 5.39 Å². The van der Waals surface area contributed by atoms with Crippen molar-refractivity contribution >= 4 is 11.0 Å². The summed E-state index contributed by atoms with van der Waals surface area (Å²) in [5, 5.41) is 0.883. The molecule has 3 nitrogen and oxygen atoms in total. The lowest BCUT2D eigenvalue weighted by Crippen LogP contribution is -2.06. The fraction of sp³-hybridized carbons (Fsp3) is 0.0870. The quantitative estimate of drug-likeness (QED) is 0.470. The molecule has 0 aliphatic heterocycles. The molecule has 0 unspecified atom stereocenters. The molecule has 0 saturated carbocycles. The van der Waals surface area contributed by atoms with Gasteiger partial charge < -0.3 is 9.15 Å². The zero-order valence-electron chi connectivity index (χ0n) is 14.4. The van der Waals surface area contributed by atoms with Crippen LogP contribution in [0.3, 0.4) is 0 Å². The Morgan fingerprint density at radius 3 is 2.31 bits per heavy atom. The van der Waals surface area contributed by atoms with E-state index in [1.54, 1.807) is 6.07 Å². The molecule has 1 aromatic heterocycles. The third kappa shape index (κ3) is 3.11. The highest BCUT2D eigenvalue weighted by Crippen LogP contribution is 2.29.